The molecule has 1 unspecified atom stereocenters. The van der Waals surface area contributed by atoms with Crippen molar-refractivity contribution in [2.24, 2.45) is 0 Å². The summed E-state index contributed by atoms with van der Waals surface area (Å²) in [5.74, 6) is -0.785. The van der Waals surface area contributed by atoms with E-state index in [-0.39, 0.29) is 5.91 Å². The van der Waals surface area contributed by atoms with E-state index >= 15 is 0 Å². The molecule has 1 atom stereocenters. The highest BCUT2D eigenvalue weighted by Crippen LogP contribution is 2.26. The molecular weight excluding hydrogens is 268 g/mol. The summed E-state index contributed by atoms with van der Waals surface area (Å²) in [6.45, 7) is 1.33. The van der Waals surface area contributed by atoms with Crippen LogP contribution in [0.1, 0.15) is 21.9 Å². The Morgan fingerprint density at radius 3 is 2.85 bits per heavy atom. The van der Waals surface area contributed by atoms with Crippen molar-refractivity contribution in [2.75, 3.05) is 6.54 Å². The lowest BCUT2D eigenvalue weighted by Gasteiger charge is -2.28. The van der Waals surface area contributed by atoms with Gasteiger partial charge < -0.3 is 4.90 Å². The Hall–Kier alpha value is -2.12. The summed E-state index contributed by atoms with van der Waals surface area (Å²) in [6.07, 6.45) is 0.895. The van der Waals surface area contributed by atoms with Crippen molar-refractivity contribution in [1.82, 2.24) is 4.90 Å². The second-order valence-electron chi connectivity index (χ2n) is 4.85. The second-order valence-corrected chi connectivity index (χ2v) is 5.85. The number of fused-ring (bicyclic) bond motifs is 1. The molecule has 0 saturated carbocycles. The first-order valence-electron chi connectivity index (χ1n) is 6.58. The zero-order chi connectivity index (χ0) is 13.9. The van der Waals surface area contributed by atoms with E-state index in [1.165, 1.54) is 10.4 Å². The van der Waals surface area contributed by atoms with Gasteiger partial charge in [0.25, 0.3) is 0 Å². The van der Waals surface area contributed by atoms with E-state index in [0.29, 0.717) is 13.1 Å². The van der Waals surface area contributed by atoms with Gasteiger partial charge in [-0.05, 0) is 29.0 Å². The molecule has 1 amide bonds. The van der Waals surface area contributed by atoms with Gasteiger partial charge in [0.05, 0.1) is 6.07 Å². The monoisotopic (exact) mass is 282 g/mol. The number of hydrogen-bond acceptors (Lipinski definition) is 3. The molecule has 0 bridgehead atoms. The lowest BCUT2D eigenvalue weighted by molar-refractivity contribution is -0.132. The maximum Gasteiger partial charge on any atom is 0.244 e. The minimum absolute atomic E-state index is 0.0875. The Morgan fingerprint density at radius 1 is 1.30 bits per heavy atom. The van der Waals surface area contributed by atoms with Crippen LogP contribution < -0.4 is 0 Å². The third-order valence-electron chi connectivity index (χ3n) is 3.63. The summed E-state index contributed by atoms with van der Waals surface area (Å²) >= 11 is 1.75. The highest BCUT2D eigenvalue weighted by molar-refractivity contribution is 7.10. The van der Waals surface area contributed by atoms with Crippen LogP contribution in [0.3, 0.4) is 0 Å². The fraction of sp³-hybridized carbons (Fsp3) is 0.250. The third-order valence-corrected chi connectivity index (χ3v) is 4.65. The van der Waals surface area contributed by atoms with Gasteiger partial charge in [-0.1, -0.05) is 30.3 Å². The van der Waals surface area contributed by atoms with Gasteiger partial charge in [0, 0.05) is 18.0 Å². The molecule has 20 heavy (non-hydrogen) atoms. The molecule has 2 heterocycles. The maximum absolute atomic E-state index is 12.6. The predicted octanol–water partition coefficient (Wildman–Crippen LogP) is 2.94. The molecular formula is C16H14N2OS. The van der Waals surface area contributed by atoms with Crippen molar-refractivity contribution in [2.45, 2.75) is 18.9 Å². The predicted molar refractivity (Wildman–Crippen MR) is 78.2 cm³/mol. The van der Waals surface area contributed by atoms with Crippen LogP contribution >= 0.6 is 11.3 Å². The maximum atomic E-state index is 12.6. The van der Waals surface area contributed by atoms with E-state index in [4.69, 9.17) is 0 Å². The summed E-state index contributed by atoms with van der Waals surface area (Å²) in [5.41, 5.74) is 2.00. The van der Waals surface area contributed by atoms with Crippen molar-refractivity contribution in [1.29, 1.82) is 5.26 Å². The molecule has 1 aromatic heterocycles. The minimum atomic E-state index is -0.698. The third kappa shape index (κ3) is 2.33. The van der Waals surface area contributed by atoms with Crippen LogP contribution in [0.5, 0.6) is 0 Å². The van der Waals surface area contributed by atoms with Crippen molar-refractivity contribution < 1.29 is 4.79 Å². The minimum Gasteiger partial charge on any atom is -0.337 e. The molecule has 0 radical (unpaired) electrons. The van der Waals surface area contributed by atoms with E-state index in [0.717, 1.165) is 12.0 Å². The highest BCUT2D eigenvalue weighted by atomic mass is 32.1. The summed E-state index contributed by atoms with van der Waals surface area (Å²) in [6, 6.07) is 13.5. The fourth-order valence-electron chi connectivity index (χ4n) is 2.54. The number of nitrogens with zero attached hydrogens (tertiary/aromatic N) is 2. The number of thiophene rings is 1. The van der Waals surface area contributed by atoms with Gasteiger partial charge in [0.15, 0.2) is 0 Å². The smallest absolute Gasteiger partial charge is 0.244 e. The number of hydrogen-bond donors (Lipinski definition) is 0. The Labute approximate surface area is 122 Å². The Kier molecular flexibility index (Phi) is 3.53. The van der Waals surface area contributed by atoms with E-state index in [9.17, 15) is 10.1 Å². The first-order valence-corrected chi connectivity index (χ1v) is 7.46. The van der Waals surface area contributed by atoms with E-state index in [1.807, 2.05) is 30.3 Å². The highest BCUT2D eigenvalue weighted by Gasteiger charge is 2.28. The molecule has 1 aliphatic heterocycles. The largest absolute Gasteiger partial charge is 0.337 e. The summed E-state index contributed by atoms with van der Waals surface area (Å²) < 4.78 is 0. The zero-order valence-corrected chi connectivity index (χ0v) is 11.8. The fourth-order valence-corrected chi connectivity index (χ4v) is 3.43. The molecule has 3 rings (SSSR count). The van der Waals surface area contributed by atoms with Gasteiger partial charge in [-0.3, -0.25) is 4.79 Å². The van der Waals surface area contributed by atoms with Crippen molar-refractivity contribution >= 4 is 17.2 Å². The van der Waals surface area contributed by atoms with Crippen molar-refractivity contribution in [3.05, 3.63) is 57.8 Å². The lowest BCUT2D eigenvalue weighted by Crippen LogP contribution is -2.38. The van der Waals surface area contributed by atoms with Gasteiger partial charge in [-0.2, -0.15) is 5.26 Å². The molecule has 0 fully saturated rings. The molecule has 0 N–H and O–H groups in total. The summed E-state index contributed by atoms with van der Waals surface area (Å²) in [7, 11) is 0. The molecule has 1 aliphatic rings. The van der Waals surface area contributed by atoms with E-state index in [2.05, 4.69) is 17.5 Å². The van der Waals surface area contributed by atoms with Gasteiger partial charge in [0.1, 0.15) is 5.92 Å². The van der Waals surface area contributed by atoms with Gasteiger partial charge in [0.2, 0.25) is 5.91 Å². The van der Waals surface area contributed by atoms with Gasteiger partial charge >= 0.3 is 0 Å². The molecule has 0 aliphatic carbocycles. The average molecular weight is 282 g/mol. The summed E-state index contributed by atoms with van der Waals surface area (Å²) in [4.78, 5) is 15.7. The number of rotatable bonds is 2. The molecule has 100 valence electrons. The zero-order valence-electron chi connectivity index (χ0n) is 11.0. The Balaban J connectivity index is 1.81. The summed E-state index contributed by atoms with van der Waals surface area (Å²) in [5, 5.41) is 11.4. The second kappa shape index (κ2) is 5.48. The molecule has 4 heteroatoms. The number of benzene rings is 1. The van der Waals surface area contributed by atoms with E-state index in [1.54, 1.807) is 16.2 Å². The molecule has 1 aromatic carbocycles. The van der Waals surface area contributed by atoms with Gasteiger partial charge in [-0.15, -0.1) is 11.3 Å². The van der Waals surface area contributed by atoms with Crippen LogP contribution in [0, 0.1) is 11.3 Å². The Bertz CT molecular complexity index is 657. The van der Waals surface area contributed by atoms with Crippen molar-refractivity contribution in [3.63, 3.8) is 0 Å². The first kappa shape index (κ1) is 12.9. The van der Waals surface area contributed by atoms with Crippen LogP contribution in [0.2, 0.25) is 0 Å². The van der Waals surface area contributed by atoms with Crippen LogP contribution in [0.15, 0.2) is 41.8 Å². The number of carbonyl (C=O) groups is 1. The van der Waals surface area contributed by atoms with Crippen molar-refractivity contribution in [3.8, 4) is 6.07 Å². The number of amides is 1. The molecule has 2 aromatic rings. The Morgan fingerprint density at radius 2 is 2.10 bits per heavy atom. The average Bonchev–Trinajstić information content (AvgIpc) is 2.96. The quantitative estimate of drug-likeness (QED) is 0.850. The number of nitriles is 1. The van der Waals surface area contributed by atoms with Crippen LogP contribution in [0.4, 0.5) is 0 Å². The van der Waals surface area contributed by atoms with Crippen LogP contribution in [0.25, 0.3) is 0 Å². The molecule has 0 saturated heterocycles. The van der Waals surface area contributed by atoms with Crippen LogP contribution in [-0.4, -0.2) is 17.4 Å². The lowest BCUT2D eigenvalue weighted by atomic mass is 9.98. The number of carbonyl (C=O) groups excluding carboxylic acids is 1. The SMILES string of the molecule is N#CC(C(=O)N1CCc2sccc2C1)c1ccccc1. The van der Waals surface area contributed by atoms with Gasteiger partial charge in [-0.25, -0.2) is 0 Å². The first-order chi connectivity index (χ1) is 9.79. The standard InChI is InChI=1S/C16H14N2OS/c17-10-14(12-4-2-1-3-5-12)16(19)18-8-6-15-13(11-18)7-9-20-15/h1-5,7,9,14H,6,8,11H2. The topological polar surface area (TPSA) is 44.1 Å². The molecule has 3 nitrogen and oxygen atoms in total. The normalized spacial score (nSPS) is 15.2. The van der Waals surface area contributed by atoms with E-state index < -0.39 is 5.92 Å². The van der Waals surface area contributed by atoms with Crippen LogP contribution in [-0.2, 0) is 17.8 Å². The molecule has 0 spiro atoms.